The second-order valence-electron chi connectivity index (χ2n) is 7.08. The molecular weight excluding hydrogens is 340 g/mol. The predicted octanol–water partition coefficient (Wildman–Crippen LogP) is 2.16. The molecule has 1 heterocycles. The van der Waals surface area contributed by atoms with E-state index in [-0.39, 0.29) is 29.0 Å². The van der Waals surface area contributed by atoms with Gasteiger partial charge in [-0.25, -0.2) is 13.1 Å². The van der Waals surface area contributed by atoms with E-state index in [0.717, 1.165) is 25.7 Å². The van der Waals surface area contributed by atoms with Crippen molar-refractivity contribution in [2.45, 2.75) is 62.6 Å². The topological polar surface area (TPSA) is 75.7 Å². The number of hydrogen-bond donors (Lipinski definition) is 1. The summed E-state index contributed by atoms with van der Waals surface area (Å²) in [5.41, 5.74) is 0.398. The molecule has 1 aromatic rings. The Hall–Kier alpha value is -1.44. The minimum Gasteiger partial charge on any atom is -0.375 e. The summed E-state index contributed by atoms with van der Waals surface area (Å²) < 4.78 is 33.5. The molecule has 1 aliphatic carbocycles. The summed E-state index contributed by atoms with van der Waals surface area (Å²) in [7, 11) is -3.60. The number of nitrogens with one attached hydrogen (secondary N) is 1. The Balaban J connectivity index is 1.79. The van der Waals surface area contributed by atoms with Crippen LogP contribution in [-0.4, -0.2) is 50.6 Å². The van der Waals surface area contributed by atoms with Gasteiger partial charge < -0.3 is 9.64 Å². The zero-order valence-corrected chi connectivity index (χ0v) is 15.6. The molecule has 2 fully saturated rings. The first-order valence-electron chi connectivity index (χ1n) is 8.92. The van der Waals surface area contributed by atoms with Gasteiger partial charge in [0.1, 0.15) is 0 Å². The van der Waals surface area contributed by atoms with Crippen LogP contribution in [0.4, 0.5) is 0 Å². The number of carbonyl (C=O) groups is 1. The largest absolute Gasteiger partial charge is 0.375 e. The van der Waals surface area contributed by atoms with Gasteiger partial charge >= 0.3 is 0 Å². The fourth-order valence-corrected chi connectivity index (χ4v) is 4.83. The number of rotatable bonds is 4. The molecule has 2 aliphatic rings. The monoisotopic (exact) mass is 366 g/mol. The summed E-state index contributed by atoms with van der Waals surface area (Å²) in [5, 5.41) is 0. The van der Waals surface area contributed by atoms with Crippen LogP contribution < -0.4 is 4.72 Å². The van der Waals surface area contributed by atoms with Crippen LogP contribution in [0.2, 0.25) is 0 Å². The minimum absolute atomic E-state index is 0.00414. The van der Waals surface area contributed by atoms with Gasteiger partial charge in [-0.05, 0) is 44.9 Å². The molecule has 1 aromatic carbocycles. The lowest BCUT2D eigenvalue weighted by atomic mass is 10.1. The van der Waals surface area contributed by atoms with E-state index >= 15 is 0 Å². The van der Waals surface area contributed by atoms with Crippen molar-refractivity contribution in [1.29, 1.82) is 0 Å². The van der Waals surface area contributed by atoms with Crippen molar-refractivity contribution in [2.75, 3.05) is 13.2 Å². The SMILES string of the molecule is CC1CN(C(=O)c2cccc(S(=O)(=O)NC3CCCC3)c2)C(C)CO1. The molecule has 0 spiro atoms. The number of benzene rings is 1. The molecule has 1 N–H and O–H groups in total. The fourth-order valence-electron chi connectivity index (χ4n) is 3.48. The Morgan fingerprint density at radius 3 is 2.68 bits per heavy atom. The highest BCUT2D eigenvalue weighted by atomic mass is 32.2. The normalized spacial score (nSPS) is 25.3. The summed E-state index contributed by atoms with van der Waals surface area (Å²) in [4.78, 5) is 14.7. The number of carbonyl (C=O) groups excluding carboxylic acids is 1. The standard InChI is InChI=1S/C18H26N2O4S/c1-13-12-24-14(2)11-20(13)18(21)15-6-5-9-17(10-15)25(22,23)19-16-7-3-4-8-16/h5-6,9-10,13-14,16,19H,3-4,7-8,11-12H2,1-2H3. The quantitative estimate of drug-likeness (QED) is 0.886. The molecule has 1 amide bonds. The van der Waals surface area contributed by atoms with Crippen molar-refractivity contribution in [3.8, 4) is 0 Å². The van der Waals surface area contributed by atoms with Crippen LogP contribution in [0.3, 0.4) is 0 Å². The van der Waals surface area contributed by atoms with E-state index in [1.54, 1.807) is 23.1 Å². The molecule has 138 valence electrons. The number of hydrogen-bond acceptors (Lipinski definition) is 4. The van der Waals surface area contributed by atoms with Crippen LogP contribution in [-0.2, 0) is 14.8 Å². The molecule has 0 aromatic heterocycles. The maximum Gasteiger partial charge on any atom is 0.254 e. The summed E-state index contributed by atoms with van der Waals surface area (Å²) >= 11 is 0. The zero-order valence-electron chi connectivity index (χ0n) is 14.8. The average molecular weight is 366 g/mol. The summed E-state index contributed by atoms with van der Waals surface area (Å²) in [5.74, 6) is -0.152. The highest BCUT2D eigenvalue weighted by molar-refractivity contribution is 7.89. The van der Waals surface area contributed by atoms with E-state index in [9.17, 15) is 13.2 Å². The van der Waals surface area contributed by atoms with Gasteiger partial charge in [0.2, 0.25) is 10.0 Å². The van der Waals surface area contributed by atoms with Gasteiger partial charge in [-0.2, -0.15) is 0 Å². The lowest BCUT2D eigenvalue weighted by molar-refractivity contribution is -0.0387. The minimum atomic E-state index is -3.60. The van der Waals surface area contributed by atoms with Crippen LogP contribution >= 0.6 is 0 Å². The number of morpholine rings is 1. The van der Waals surface area contributed by atoms with Crippen molar-refractivity contribution in [3.05, 3.63) is 29.8 Å². The third-order valence-electron chi connectivity index (χ3n) is 4.94. The Morgan fingerprint density at radius 1 is 1.24 bits per heavy atom. The van der Waals surface area contributed by atoms with Gasteiger partial charge in [0.05, 0.1) is 23.6 Å². The van der Waals surface area contributed by atoms with Crippen molar-refractivity contribution in [1.82, 2.24) is 9.62 Å². The van der Waals surface area contributed by atoms with Crippen molar-refractivity contribution in [3.63, 3.8) is 0 Å². The Kier molecular flexibility index (Phi) is 5.46. The van der Waals surface area contributed by atoms with E-state index in [1.165, 1.54) is 6.07 Å². The Labute approximate surface area is 149 Å². The molecule has 3 rings (SSSR count). The van der Waals surface area contributed by atoms with Crippen LogP contribution in [0.25, 0.3) is 0 Å². The molecule has 25 heavy (non-hydrogen) atoms. The van der Waals surface area contributed by atoms with Gasteiger partial charge in [0.25, 0.3) is 5.91 Å². The van der Waals surface area contributed by atoms with Gasteiger partial charge in [-0.1, -0.05) is 18.9 Å². The molecule has 1 saturated heterocycles. The number of amides is 1. The van der Waals surface area contributed by atoms with Crippen molar-refractivity contribution in [2.24, 2.45) is 0 Å². The highest BCUT2D eigenvalue weighted by Crippen LogP contribution is 2.22. The number of sulfonamides is 1. The average Bonchev–Trinajstić information content (AvgIpc) is 3.09. The smallest absolute Gasteiger partial charge is 0.254 e. The van der Waals surface area contributed by atoms with Gasteiger partial charge in [-0.15, -0.1) is 0 Å². The fraction of sp³-hybridized carbons (Fsp3) is 0.611. The summed E-state index contributed by atoms with van der Waals surface area (Å²) in [6, 6.07) is 6.30. The molecule has 2 unspecified atom stereocenters. The van der Waals surface area contributed by atoms with Gasteiger partial charge in [-0.3, -0.25) is 4.79 Å². The number of nitrogens with zero attached hydrogens (tertiary/aromatic N) is 1. The molecular formula is C18H26N2O4S. The second kappa shape index (κ2) is 7.43. The molecule has 1 saturated carbocycles. The predicted molar refractivity (Wildman–Crippen MR) is 94.9 cm³/mol. The van der Waals surface area contributed by atoms with Crippen LogP contribution in [0.5, 0.6) is 0 Å². The molecule has 6 nitrogen and oxygen atoms in total. The van der Waals surface area contributed by atoms with Crippen molar-refractivity contribution < 1.29 is 17.9 Å². The Bertz CT molecular complexity index is 728. The maximum absolute atomic E-state index is 12.8. The molecule has 0 bridgehead atoms. The molecule has 1 aliphatic heterocycles. The highest BCUT2D eigenvalue weighted by Gasteiger charge is 2.29. The zero-order chi connectivity index (χ0) is 18.0. The summed E-state index contributed by atoms with van der Waals surface area (Å²) in [6.07, 6.45) is 3.84. The van der Waals surface area contributed by atoms with Crippen LogP contribution in [0.1, 0.15) is 49.9 Å². The van der Waals surface area contributed by atoms with E-state index in [4.69, 9.17) is 4.74 Å². The first kappa shape index (κ1) is 18.4. The third-order valence-corrected chi connectivity index (χ3v) is 6.46. The van der Waals surface area contributed by atoms with Gasteiger partial charge in [0.15, 0.2) is 0 Å². The van der Waals surface area contributed by atoms with Crippen LogP contribution in [0, 0.1) is 0 Å². The second-order valence-corrected chi connectivity index (χ2v) is 8.79. The lowest BCUT2D eigenvalue weighted by Gasteiger charge is -2.36. The molecule has 0 radical (unpaired) electrons. The van der Waals surface area contributed by atoms with E-state index < -0.39 is 10.0 Å². The third kappa shape index (κ3) is 4.22. The van der Waals surface area contributed by atoms with Gasteiger partial charge in [0, 0.05) is 18.2 Å². The molecule has 7 heteroatoms. The molecule has 2 atom stereocenters. The van der Waals surface area contributed by atoms with Crippen LogP contribution in [0.15, 0.2) is 29.2 Å². The van der Waals surface area contributed by atoms with E-state index in [0.29, 0.717) is 18.7 Å². The summed E-state index contributed by atoms with van der Waals surface area (Å²) in [6.45, 7) is 4.87. The van der Waals surface area contributed by atoms with E-state index in [2.05, 4.69) is 4.72 Å². The first-order valence-corrected chi connectivity index (χ1v) is 10.4. The van der Waals surface area contributed by atoms with E-state index in [1.807, 2.05) is 13.8 Å². The Morgan fingerprint density at radius 2 is 1.96 bits per heavy atom. The number of ether oxygens (including phenoxy) is 1. The maximum atomic E-state index is 12.8. The first-order chi connectivity index (χ1) is 11.9. The van der Waals surface area contributed by atoms with Crippen molar-refractivity contribution >= 4 is 15.9 Å². The lowest BCUT2D eigenvalue weighted by Crippen LogP contribution is -2.50.